The molecular formula is C11H10NO. The van der Waals surface area contributed by atoms with Gasteiger partial charge in [-0.3, -0.25) is 4.98 Å². The number of aromatic nitrogens is 1. The van der Waals surface area contributed by atoms with Crippen molar-refractivity contribution in [1.29, 1.82) is 0 Å². The van der Waals surface area contributed by atoms with Gasteiger partial charge in [-0.05, 0) is 31.2 Å². The first-order valence-electron chi connectivity index (χ1n) is 4.30. The molecule has 2 aromatic rings. The number of benzene rings is 1. The fourth-order valence-corrected chi connectivity index (χ4v) is 1.29. The predicted octanol–water partition coefficient (Wildman–Crippen LogP) is 2.43. The maximum absolute atomic E-state index is 5.46. The monoisotopic (exact) mass is 172 g/mol. The van der Waals surface area contributed by atoms with Crippen molar-refractivity contribution in [1.82, 2.24) is 4.98 Å². The highest BCUT2D eigenvalue weighted by atomic mass is 16.5. The molecular weight excluding hydrogens is 162 g/mol. The summed E-state index contributed by atoms with van der Waals surface area (Å²) < 4.78 is 5.46. The van der Waals surface area contributed by atoms with Crippen LogP contribution in [0.25, 0.3) is 10.9 Å². The Labute approximate surface area is 77.2 Å². The predicted molar refractivity (Wildman–Crippen MR) is 51.7 cm³/mol. The lowest BCUT2D eigenvalue weighted by atomic mass is 10.2. The van der Waals surface area contributed by atoms with E-state index in [-0.39, 0.29) is 0 Å². The molecule has 0 bridgehead atoms. The van der Waals surface area contributed by atoms with Gasteiger partial charge in [0.05, 0.1) is 12.1 Å². The molecule has 1 radical (unpaired) electrons. The standard InChI is InChI=1S/C11H10NO/c1-2-13-11-7-3-6-10-9(11)5-4-8-12-10/h3-5,7-8H,2H2,1H3. The first-order valence-corrected chi connectivity index (χ1v) is 4.30. The third-order valence-corrected chi connectivity index (χ3v) is 1.83. The fourth-order valence-electron chi connectivity index (χ4n) is 1.29. The van der Waals surface area contributed by atoms with Crippen LogP contribution >= 0.6 is 0 Å². The third-order valence-electron chi connectivity index (χ3n) is 1.83. The van der Waals surface area contributed by atoms with Gasteiger partial charge in [0.15, 0.2) is 0 Å². The van der Waals surface area contributed by atoms with E-state index in [1.807, 2.05) is 31.2 Å². The Morgan fingerprint density at radius 1 is 1.46 bits per heavy atom. The summed E-state index contributed by atoms with van der Waals surface area (Å²) in [6.45, 7) is 2.65. The van der Waals surface area contributed by atoms with Crippen molar-refractivity contribution in [2.45, 2.75) is 6.92 Å². The lowest BCUT2D eigenvalue weighted by molar-refractivity contribution is 0.344. The van der Waals surface area contributed by atoms with Gasteiger partial charge in [0.1, 0.15) is 5.75 Å². The Bertz CT molecular complexity index is 406. The van der Waals surface area contributed by atoms with Crippen molar-refractivity contribution in [3.8, 4) is 5.75 Å². The molecule has 0 saturated carbocycles. The molecule has 2 nitrogen and oxygen atoms in total. The molecule has 0 aliphatic rings. The van der Waals surface area contributed by atoms with Crippen molar-refractivity contribution in [3.05, 3.63) is 36.5 Å². The van der Waals surface area contributed by atoms with E-state index in [9.17, 15) is 0 Å². The molecule has 0 fully saturated rings. The minimum atomic E-state index is 0.675. The van der Waals surface area contributed by atoms with Crippen LogP contribution in [0, 0.1) is 6.07 Å². The van der Waals surface area contributed by atoms with E-state index >= 15 is 0 Å². The molecule has 65 valence electrons. The van der Waals surface area contributed by atoms with E-state index in [1.54, 1.807) is 6.20 Å². The lowest BCUT2D eigenvalue weighted by Crippen LogP contribution is -1.92. The van der Waals surface area contributed by atoms with Gasteiger partial charge in [-0.15, -0.1) is 0 Å². The van der Waals surface area contributed by atoms with Crippen LogP contribution in [-0.4, -0.2) is 11.6 Å². The normalized spacial score (nSPS) is 10.2. The summed E-state index contributed by atoms with van der Waals surface area (Å²) in [6.07, 6.45) is 1.76. The van der Waals surface area contributed by atoms with Crippen molar-refractivity contribution in [2.24, 2.45) is 0 Å². The van der Waals surface area contributed by atoms with Crippen LogP contribution in [0.4, 0.5) is 0 Å². The third kappa shape index (κ3) is 1.47. The molecule has 1 heterocycles. The second-order valence-electron chi connectivity index (χ2n) is 2.67. The van der Waals surface area contributed by atoms with Crippen molar-refractivity contribution >= 4 is 10.9 Å². The van der Waals surface area contributed by atoms with Gasteiger partial charge in [0, 0.05) is 17.6 Å². The zero-order valence-electron chi connectivity index (χ0n) is 7.45. The van der Waals surface area contributed by atoms with Gasteiger partial charge < -0.3 is 4.74 Å². The van der Waals surface area contributed by atoms with Crippen molar-refractivity contribution in [2.75, 3.05) is 6.61 Å². The molecule has 0 spiro atoms. The van der Waals surface area contributed by atoms with Crippen LogP contribution in [0.5, 0.6) is 5.75 Å². The average molecular weight is 172 g/mol. The first kappa shape index (κ1) is 8.05. The minimum absolute atomic E-state index is 0.675. The van der Waals surface area contributed by atoms with Crippen LogP contribution in [0.3, 0.4) is 0 Å². The molecule has 0 saturated heterocycles. The number of rotatable bonds is 2. The quantitative estimate of drug-likeness (QED) is 0.694. The van der Waals surface area contributed by atoms with Crippen LogP contribution in [-0.2, 0) is 0 Å². The number of hydrogen-bond acceptors (Lipinski definition) is 2. The smallest absolute Gasteiger partial charge is 0.128 e. The molecule has 2 rings (SSSR count). The largest absolute Gasteiger partial charge is 0.493 e. The molecule has 13 heavy (non-hydrogen) atoms. The molecule has 1 aromatic carbocycles. The van der Waals surface area contributed by atoms with Crippen LogP contribution in [0.1, 0.15) is 6.92 Å². The maximum Gasteiger partial charge on any atom is 0.128 e. The zero-order chi connectivity index (χ0) is 9.10. The first-order chi connectivity index (χ1) is 6.42. The van der Waals surface area contributed by atoms with E-state index in [4.69, 9.17) is 4.74 Å². The SMILES string of the molecule is CCOc1cc[c]c2ncccc12. The molecule has 0 N–H and O–H groups in total. The minimum Gasteiger partial charge on any atom is -0.493 e. The summed E-state index contributed by atoms with van der Waals surface area (Å²) in [5, 5.41) is 1.02. The summed E-state index contributed by atoms with van der Waals surface area (Å²) in [5.41, 5.74) is 0.855. The zero-order valence-corrected chi connectivity index (χ0v) is 7.45. The molecule has 0 unspecified atom stereocenters. The molecule has 1 aromatic heterocycles. The second kappa shape index (κ2) is 3.44. The highest BCUT2D eigenvalue weighted by Crippen LogP contribution is 2.22. The molecule has 0 atom stereocenters. The summed E-state index contributed by atoms with van der Waals surface area (Å²) in [5.74, 6) is 0.879. The lowest BCUT2D eigenvalue weighted by Gasteiger charge is -2.05. The average Bonchev–Trinajstić information content (AvgIpc) is 2.19. The number of nitrogens with zero attached hydrogens (tertiary/aromatic N) is 1. The van der Waals surface area contributed by atoms with Crippen LogP contribution < -0.4 is 4.74 Å². The Hall–Kier alpha value is -1.57. The summed E-state index contributed by atoms with van der Waals surface area (Å²) >= 11 is 0. The highest BCUT2D eigenvalue weighted by molar-refractivity contribution is 5.84. The number of pyridine rings is 1. The summed E-state index contributed by atoms with van der Waals surface area (Å²) in [7, 11) is 0. The summed E-state index contributed by atoms with van der Waals surface area (Å²) in [6, 6.07) is 10.7. The Balaban J connectivity index is 2.61. The fraction of sp³-hybridized carbons (Fsp3) is 0.182. The van der Waals surface area contributed by atoms with E-state index in [0.29, 0.717) is 6.61 Å². The molecule has 0 aliphatic heterocycles. The van der Waals surface area contributed by atoms with E-state index in [1.165, 1.54) is 0 Å². The maximum atomic E-state index is 5.46. The van der Waals surface area contributed by atoms with Gasteiger partial charge >= 0.3 is 0 Å². The van der Waals surface area contributed by atoms with Gasteiger partial charge in [-0.25, -0.2) is 0 Å². The van der Waals surface area contributed by atoms with Crippen LogP contribution in [0.15, 0.2) is 30.5 Å². The van der Waals surface area contributed by atoms with E-state index in [2.05, 4.69) is 11.1 Å². The second-order valence-corrected chi connectivity index (χ2v) is 2.67. The number of fused-ring (bicyclic) bond motifs is 1. The Kier molecular flexibility index (Phi) is 2.13. The summed E-state index contributed by atoms with van der Waals surface area (Å²) in [4.78, 5) is 4.19. The van der Waals surface area contributed by atoms with Gasteiger partial charge in [-0.1, -0.05) is 0 Å². The Morgan fingerprint density at radius 3 is 3.23 bits per heavy atom. The van der Waals surface area contributed by atoms with Gasteiger partial charge in [0.25, 0.3) is 0 Å². The number of hydrogen-bond donors (Lipinski definition) is 0. The van der Waals surface area contributed by atoms with E-state index in [0.717, 1.165) is 16.7 Å². The van der Waals surface area contributed by atoms with Gasteiger partial charge in [0.2, 0.25) is 0 Å². The molecule has 2 heteroatoms. The highest BCUT2D eigenvalue weighted by Gasteiger charge is 1.99. The number of ether oxygens (including phenoxy) is 1. The van der Waals surface area contributed by atoms with Gasteiger partial charge in [-0.2, -0.15) is 0 Å². The topological polar surface area (TPSA) is 22.1 Å². The van der Waals surface area contributed by atoms with Crippen molar-refractivity contribution < 1.29 is 4.74 Å². The van der Waals surface area contributed by atoms with Crippen LogP contribution in [0.2, 0.25) is 0 Å². The van der Waals surface area contributed by atoms with E-state index < -0.39 is 0 Å². The van der Waals surface area contributed by atoms with Crippen molar-refractivity contribution in [3.63, 3.8) is 0 Å². The molecule has 0 amide bonds. The Morgan fingerprint density at radius 2 is 2.38 bits per heavy atom. The molecule has 0 aliphatic carbocycles.